The van der Waals surface area contributed by atoms with Gasteiger partial charge in [0, 0.05) is 29.6 Å². The molecule has 0 bridgehead atoms. The van der Waals surface area contributed by atoms with Crippen LogP contribution in [0.4, 0.5) is 15.4 Å². The lowest BCUT2D eigenvalue weighted by atomic mass is 10.1. The first-order valence-corrected chi connectivity index (χ1v) is 8.17. The van der Waals surface area contributed by atoms with Gasteiger partial charge in [0.25, 0.3) is 0 Å². The van der Waals surface area contributed by atoms with E-state index in [0.29, 0.717) is 10.2 Å². The van der Waals surface area contributed by atoms with Crippen molar-refractivity contribution in [3.05, 3.63) is 16.2 Å². The maximum atomic E-state index is 12.7. The number of nitrogens with two attached hydrogens (primary N) is 1. The van der Waals surface area contributed by atoms with Crippen LogP contribution < -0.4 is 10.6 Å². The number of hydrogen-bond donors (Lipinski definition) is 1. The second-order valence-corrected chi connectivity index (χ2v) is 7.01. The first-order chi connectivity index (χ1) is 9.19. The number of hydrogen-bond acceptors (Lipinski definition) is 5. The number of nitrogen functional groups attached to an aromatic ring is 1. The van der Waals surface area contributed by atoms with Crippen LogP contribution in [0.2, 0.25) is 0 Å². The Morgan fingerprint density at radius 1 is 1.60 bits per heavy atom. The molecule has 110 valence electrons. The Kier molecular flexibility index (Phi) is 4.01. The molecule has 1 fully saturated rings. The van der Waals surface area contributed by atoms with Crippen molar-refractivity contribution >= 4 is 43.6 Å². The van der Waals surface area contributed by atoms with Crippen LogP contribution in [0.25, 0.3) is 0 Å². The summed E-state index contributed by atoms with van der Waals surface area (Å²) in [5.74, 6) is -1.33. The molecule has 2 heterocycles. The van der Waals surface area contributed by atoms with E-state index in [1.807, 2.05) is 0 Å². The summed E-state index contributed by atoms with van der Waals surface area (Å²) in [6.45, 7) is 1.88. The van der Waals surface area contributed by atoms with Crippen LogP contribution >= 0.6 is 15.9 Å². The molecule has 1 aliphatic rings. The molecular formula is C11H13BrFN3O3S. The van der Waals surface area contributed by atoms with Crippen molar-refractivity contribution in [2.75, 3.05) is 22.9 Å². The summed E-state index contributed by atoms with van der Waals surface area (Å²) in [5, 5.41) is 0. The highest BCUT2D eigenvalue weighted by Gasteiger charge is 2.35. The Labute approximate surface area is 124 Å². The number of rotatable bonds is 3. The Hall–Kier alpha value is -1.22. The number of anilines is 2. The lowest BCUT2D eigenvalue weighted by molar-refractivity contribution is -0.117. The monoisotopic (exact) mass is 365 g/mol. The topological polar surface area (TPSA) is 93.4 Å². The van der Waals surface area contributed by atoms with Crippen LogP contribution in [0.15, 0.2) is 10.7 Å². The largest absolute Gasteiger partial charge is 0.382 e. The van der Waals surface area contributed by atoms with Gasteiger partial charge in [-0.25, -0.2) is 4.98 Å². The van der Waals surface area contributed by atoms with E-state index in [1.54, 1.807) is 6.92 Å². The van der Waals surface area contributed by atoms with Crippen molar-refractivity contribution in [2.24, 2.45) is 5.92 Å². The SMILES string of the molecule is Cc1c(Br)cnc(N)c1N1CC(CS(=O)(=O)F)CC1=O. The van der Waals surface area contributed by atoms with Crippen molar-refractivity contribution in [3.8, 4) is 0 Å². The van der Waals surface area contributed by atoms with Gasteiger partial charge in [0.2, 0.25) is 5.91 Å². The van der Waals surface area contributed by atoms with Gasteiger partial charge in [-0.2, -0.15) is 8.42 Å². The van der Waals surface area contributed by atoms with Crippen LogP contribution in [0.1, 0.15) is 12.0 Å². The number of carbonyl (C=O) groups excluding carboxylic acids is 1. The van der Waals surface area contributed by atoms with Gasteiger partial charge in [0.05, 0.1) is 11.4 Å². The second-order valence-electron chi connectivity index (χ2n) is 4.74. The van der Waals surface area contributed by atoms with Gasteiger partial charge >= 0.3 is 10.2 Å². The van der Waals surface area contributed by atoms with Crippen molar-refractivity contribution in [3.63, 3.8) is 0 Å². The molecule has 0 spiro atoms. The molecule has 0 aliphatic carbocycles. The van der Waals surface area contributed by atoms with E-state index in [0.717, 1.165) is 5.56 Å². The Morgan fingerprint density at radius 2 is 2.25 bits per heavy atom. The van der Waals surface area contributed by atoms with E-state index >= 15 is 0 Å². The zero-order chi connectivity index (χ0) is 15.1. The molecule has 2 N–H and O–H groups in total. The summed E-state index contributed by atoms with van der Waals surface area (Å²) in [6, 6.07) is 0. The standard InChI is InChI=1S/C11H13BrFN3O3S/c1-6-8(12)3-15-11(14)10(6)16-4-7(2-9(16)17)5-20(13,18)19/h3,7H,2,4-5H2,1H3,(H2,14,15). The third kappa shape index (κ3) is 3.09. The Balaban J connectivity index is 2.31. The smallest absolute Gasteiger partial charge is 0.302 e. The molecule has 1 aromatic rings. The highest BCUT2D eigenvalue weighted by Crippen LogP contribution is 2.35. The molecule has 1 saturated heterocycles. The summed E-state index contributed by atoms with van der Waals surface area (Å²) in [7, 11) is -4.60. The van der Waals surface area contributed by atoms with E-state index in [4.69, 9.17) is 5.73 Å². The fourth-order valence-electron chi connectivity index (χ4n) is 2.32. The minimum Gasteiger partial charge on any atom is -0.382 e. The predicted octanol–water partition coefficient (Wildman–Crippen LogP) is 1.39. The van der Waals surface area contributed by atoms with Crippen molar-refractivity contribution < 1.29 is 17.1 Å². The van der Waals surface area contributed by atoms with Crippen LogP contribution in [-0.4, -0.2) is 31.6 Å². The zero-order valence-corrected chi connectivity index (χ0v) is 13.0. The second kappa shape index (κ2) is 5.28. The van der Waals surface area contributed by atoms with Crippen LogP contribution in [0.5, 0.6) is 0 Å². The Morgan fingerprint density at radius 3 is 2.85 bits per heavy atom. The van der Waals surface area contributed by atoms with E-state index in [1.165, 1.54) is 11.1 Å². The van der Waals surface area contributed by atoms with E-state index in [2.05, 4.69) is 20.9 Å². The third-order valence-corrected chi connectivity index (χ3v) is 4.85. The molecule has 1 aromatic heterocycles. The van der Waals surface area contributed by atoms with Gasteiger partial charge in [0.15, 0.2) is 0 Å². The fourth-order valence-corrected chi connectivity index (χ4v) is 3.40. The molecule has 9 heteroatoms. The Bertz CT molecular complexity index is 665. The van der Waals surface area contributed by atoms with Gasteiger partial charge < -0.3 is 10.6 Å². The predicted molar refractivity (Wildman–Crippen MR) is 76.4 cm³/mol. The molecule has 1 aliphatic heterocycles. The highest BCUT2D eigenvalue weighted by molar-refractivity contribution is 9.10. The normalized spacial score (nSPS) is 19.6. The summed E-state index contributed by atoms with van der Waals surface area (Å²) in [5.41, 5.74) is 6.97. The summed E-state index contributed by atoms with van der Waals surface area (Å²) < 4.78 is 34.8. The number of nitrogens with zero attached hydrogens (tertiary/aromatic N) is 2. The fraction of sp³-hybridized carbons (Fsp3) is 0.455. The number of amides is 1. The molecule has 0 saturated carbocycles. The number of carbonyl (C=O) groups is 1. The van der Waals surface area contributed by atoms with Crippen LogP contribution in [0.3, 0.4) is 0 Å². The first-order valence-electron chi connectivity index (χ1n) is 5.82. The van der Waals surface area contributed by atoms with Gasteiger partial charge in [0.1, 0.15) is 5.82 Å². The van der Waals surface area contributed by atoms with Crippen molar-refractivity contribution in [2.45, 2.75) is 13.3 Å². The maximum absolute atomic E-state index is 12.7. The molecule has 6 nitrogen and oxygen atoms in total. The molecule has 1 amide bonds. The van der Waals surface area contributed by atoms with Gasteiger partial charge in [-0.1, -0.05) is 0 Å². The summed E-state index contributed by atoms with van der Waals surface area (Å²) in [4.78, 5) is 17.3. The summed E-state index contributed by atoms with van der Waals surface area (Å²) >= 11 is 3.30. The number of halogens is 2. The molecule has 2 rings (SSSR count). The quantitative estimate of drug-likeness (QED) is 0.816. The van der Waals surface area contributed by atoms with Crippen LogP contribution in [-0.2, 0) is 15.0 Å². The van der Waals surface area contributed by atoms with E-state index in [9.17, 15) is 17.1 Å². The molecular weight excluding hydrogens is 353 g/mol. The summed E-state index contributed by atoms with van der Waals surface area (Å²) in [6.07, 6.45) is 1.51. The number of pyridine rings is 1. The molecule has 0 aromatic carbocycles. The maximum Gasteiger partial charge on any atom is 0.302 e. The minimum atomic E-state index is -4.60. The molecule has 1 unspecified atom stereocenters. The zero-order valence-electron chi connectivity index (χ0n) is 10.6. The number of aromatic nitrogens is 1. The average molecular weight is 366 g/mol. The van der Waals surface area contributed by atoms with E-state index in [-0.39, 0.29) is 24.7 Å². The van der Waals surface area contributed by atoms with Gasteiger partial charge in [-0.3, -0.25) is 4.79 Å². The van der Waals surface area contributed by atoms with Crippen molar-refractivity contribution in [1.82, 2.24) is 4.98 Å². The first kappa shape index (κ1) is 15.2. The lowest BCUT2D eigenvalue weighted by Crippen LogP contribution is -2.27. The lowest BCUT2D eigenvalue weighted by Gasteiger charge is -2.21. The average Bonchev–Trinajstić information content (AvgIpc) is 2.63. The highest BCUT2D eigenvalue weighted by atomic mass is 79.9. The van der Waals surface area contributed by atoms with Crippen molar-refractivity contribution in [1.29, 1.82) is 0 Å². The van der Waals surface area contributed by atoms with E-state index < -0.39 is 21.9 Å². The molecule has 1 atom stereocenters. The van der Waals surface area contributed by atoms with Crippen LogP contribution in [0, 0.1) is 12.8 Å². The van der Waals surface area contributed by atoms with Gasteiger partial charge in [-0.05, 0) is 28.4 Å². The molecule has 0 radical (unpaired) electrons. The molecule has 20 heavy (non-hydrogen) atoms. The minimum absolute atomic E-state index is 0.0193. The van der Waals surface area contributed by atoms with Gasteiger partial charge in [-0.15, -0.1) is 3.89 Å². The third-order valence-electron chi connectivity index (χ3n) is 3.18.